The molecule has 0 saturated carbocycles. The Morgan fingerprint density at radius 1 is 1.43 bits per heavy atom. The summed E-state index contributed by atoms with van der Waals surface area (Å²) in [4.78, 5) is 0. The number of allylic oxidation sites excluding steroid dienone is 1. The van der Waals surface area contributed by atoms with Crippen LogP contribution < -0.4 is 0 Å². The minimum absolute atomic E-state index is 0.139. The highest BCUT2D eigenvalue weighted by atomic mass is 19.1. The van der Waals surface area contributed by atoms with Gasteiger partial charge in [-0.3, -0.25) is 0 Å². The third-order valence-corrected chi connectivity index (χ3v) is 2.40. The molecule has 0 spiro atoms. The van der Waals surface area contributed by atoms with E-state index >= 15 is 0 Å². The number of hydrogen-bond donors (Lipinski definition) is 0. The Kier molecular flexibility index (Phi) is 3.87. The van der Waals surface area contributed by atoms with E-state index in [1.165, 1.54) is 0 Å². The van der Waals surface area contributed by atoms with E-state index in [9.17, 15) is 4.39 Å². The number of hydrogen-bond acceptors (Lipinski definition) is 0. The van der Waals surface area contributed by atoms with Crippen LogP contribution >= 0.6 is 0 Å². The molecule has 0 fully saturated rings. The zero-order valence-corrected chi connectivity index (χ0v) is 8.89. The lowest BCUT2D eigenvalue weighted by Crippen LogP contribution is -1.94. The molecule has 1 heteroatoms. The maximum absolute atomic E-state index is 13.2. The predicted octanol–water partition coefficient (Wildman–Crippen LogP) is 4.07. The van der Waals surface area contributed by atoms with Gasteiger partial charge in [0.05, 0.1) is 0 Å². The van der Waals surface area contributed by atoms with Gasteiger partial charge in [0.1, 0.15) is 5.82 Å². The molecule has 0 radical (unpaired) electrons. The zero-order valence-electron chi connectivity index (χ0n) is 8.89. The second kappa shape index (κ2) is 4.94. The predicted molar refractivity (Wildman–Crippen MR) is 59.0 cm³/mol. The van der Waals surface area contributed by atoms with Crippen LogP contribution in [-0.2, 0) is 6.42 Å². The van der Waals surface area contributed by atoms with Crippen molar-refractivity contribution in [1.29, 1.82) is 0 Å². The summed E-state index contributed by atoms with van der Waals surface area (Å²) in [6, 6.07) is 5.27. The molecule has 1 aromatic rings. The van der Waals surface area contributed by atoms with Crippen molar-refractivity contribution < 1.29 is 4.39 Å². The van der Waals surface area contributed by atoms with Gasteiger partial charge in [-0.05, 0) is 35.6 Å². The van der Waals surface area contributed by atoms with Gasteiger partial charge in [-0.25, -0.2) is 4.39 Å². The van der Waals surface area contributed by atoms with Crippen molar-refractivity contribution in [1.82, 2.24) is 0 Å². The molecule has 0 saturated heterocycles. The highest BCUT2D eigenvalue weighted by Crippen LogP contribution is 2.19. The Morgan fingerprint density at radius 3 is 2.71 bits per heavy atom. The van der Waals surface area contributed by atoms with Crippen molar-refractivity contribution >= 4 is 0 Å². The van der Waals surface area contributed by atoms with Crippen LogP contribution in [0, 0.1) is 5.82 Å². The van der Waals surface area contributed by atoms with Gasteiger partial charge in [0.15, 0.2) is 0 Å². The Bertz CT molecular complexity index is 315. The third kappa shape index (κ3) is 2.69. The zero-order chi connectivity index (χ0) is 10.6. The number of aryl methyl sites for hydroxylation is 1. The molecule has 0 bridgehead atoms. The normalized spacial score (nSPS) is 12.5. The van der Waals surface area contributed by atoms with Gasteiger partial charge >= 0.3 is 0 Å². The lowest BCUT2D eigenvalue weighted by Gasteiger charge is -2.09. The topological polar surface area (TPSA) is 0 Å². The average Bonchev–Trinajstić information content (AvgIpc) is 2.16. The minimum atomic E-state index is -0.139. The molecule has 0 aliphatic heterocycles. The van der Waals surface area contributed by atoms with E-state index in [-0.39, 0.29) is 11.7 Å². The smallest absolute Gasteiger partial charge is 0.123 e. The van der Waals surface area contributed by atoms with Gasteiger partial charge in [-0.1, -0.05) is 32.4 Å². The molecule has 0 nitrogen and oxygen atoms in total. The SMILES string of the molecule is C=CC(C)c1cc(F)cc(CCC)c1. The van der Waals surface area contributed by atoms with Crippen molar-refractivity contribution in [3.63, 3.8) is 0 Å². The van der Waals surface area contributed by atoms with Crippen LogP contribution in [-0.4, -0.2) is 0 Å². The Morgan fingerprint density at radius 2 is 2.14 bits per heavy atom. The van der Waals surface area contributed by atoms with Gasteiger partial charge in [-0.15, -0.1) is 6.58 Å². The van der Waals surface area contributed by atoms with E-state index in [2.05, 4.69) is 19.6 Å². The van der Waals surface area contributed by atoms with Gasteiger partial charge in [0.2, 0.25) is 0 Å². The maximum atomic E-state index is 13.2. The first kappa shape index (κ1) is 11.0. The van der Waals surface area contributed by atoms with E-state index in [1.807, 2.05) is 13.0 Å². The van der Waals surface area contributed by atoms with E-state index in [4.69, 9.17) is 0 Å². The minimum Gasteiger partial charge on any atom is -0.207 e. The quantitative estimate of drug-likeness (QED) is 0.631. The maximum Gasteiger partial charge on any atom is 0.123 e. The molecule has 0 aliphatic carbocycles. The average molecular weight is 192 g/mol. The molecule has 1 atom stereocenters. The Hall–Kier alpha value is -1.11. The fraction of sp³-hybridized carbons (Fsp3) is 0.385. The molecule has 0 aliphatic rings. The van der Waals surface area contributed by atoms with Crippen molar-refractivity contribution in [2.24, 2.45) is 0 Å². The van der Waals surface area contributed by atoms with E-state index in [1.54, 1.807) is 12.1 Å². The van der Waals surface area contributed by atoms with Crippen LogP contribution in [0.15, 0.2) is 30.9 Å². The lowest BCUT2D eigenvalue weighted by molar-refractivity contribution is 0.621. The number of rotatable bonds is 4. The summed E-state index contributed by atoms with van der Waals surface area (Å²) >= 11 is 0. The summed E-state index contributed by atoms with van der Waals surface area (Å²) in [5, 5.41) is 0. The van der Waals surface area contributed by atoms with Gasteiger partial charge < -0.3 is 0 Å². The van der Waals surface area contributed by atoms with E-state index in [0.717, 1.165) is 24.0 Å². The monoisotopic (exact) mass is 192 g/mol. The second-order valence-corrected chi connectivity index (χ2v) is 3.67. The first-order chi connectivity index (χ1) is 6.67. The summed E-state index contributed by atoms with van der Waals surface area (Å²) in [5.41, 5.74) is 2.10. The third-order valence-electron chi connectivity index (χ3n) is 2.40. The van der Waals surface area contributed by atoms with Crippen LogP contribution in [0.2, 0.25) is 0 Å². The molecule has 0 amide bonds. The number of halogens is 1. The summed E-state index contributed by atoms with van der Waals surface area (Å²) in [5.74, 6) is 0.0842. The fourth-order valence-corrected chi connectivity index (χ4v) is 1.51. The molecule has 14 heavy (non-hydrogen) atoms. The van der Waals surface area contributed by atoms with Crippen LogP contribution in [0.4, 0.5) is 4.39 Å². The first-order valence-corrected chi connectivity index (χ1v) is 5.09. The van der Waals surface area contributed by atoms with Crippen LogP contribution in [0.1, 0.15) is 37.3 Å². The summed E-state index contributed by atoms with van der Waals surface area (Å²) < 4.78 is 13.2. The van der Waals surface area contributed by atoms with Gasteiger partial charge in [0.25, 0.3) is 0 Å². The van der Waals surface area contributed by atoms with E-state index < -0.39 is 0 Å². The van der Waals surface area contributed by atoms with Crippen LogP contribution in [0.25, 0.3) is 0 Å². The molecular weight excluding hydrogens is 175 g/mol. The highest BCUT2D eigenvalue weighted by molar-refractivity contribution is 5.29. The highest BCUT2D eigenvalue weighted by Gasteiger charge is 2.04. The number of benzene rings is 1. The molecule has 0 aromatic heterocycles. The second-order valence-electron chi connectivity index (χ2n) is 3.67. The van der Waals surface area contributed by atoms with Crippen LogP contribution in [0.5, 0.6) is 0 Å². The van der Waals surface area contributed by atoms with Crippen LogP contribution in [0.3, 0.4) is 0 Å². The fourth-order valence-electron chi connectivity index (χ4n) is 1.51. The Labute approximate surface area is 85.5 Å². The lowest BCUT2D eigenvalue weighted by atomic mass is 9.97. The molecular formula is C13H17F. The first-order valence-electron chi connectivity index (χ1n) is 5.09. The van der Waals surface area contributed by atoms with Crippen molar-refractivity contribution in [2.45, 2.75) is 32.6 Å². The summed E-state index contributed by atoms with van der Waals surface area (Å²) in [6.07, 6.45) is 3.82. The largest absolute Gasteiger partial charge is 0.207 e. The van der Waals surface area contributed by atoms with Crippen molar-refractivity contribution in [3.8, 4) is 0 Å². The molecule has 0 heterocycles. The molecule has 0 N–H and O–H groups in total. The molecule has 76 valence electrons. The molecule has 1 rings (SSSR count). The molecule has 1 unspecified atom stereocenters. The summed E-state index contributed by atoms with van der Waals surface area (Å²) in [7, 11) is 0. The standard InChI is InChI=1S/C13H17F/c1-4-6-11-7-12(10(3)5-2)9-13(14)8-11/h5,7-10H,2,4,6H2,1,3H3. The van der Waals surface area contributed by atoms with Gasteiger partial charge in [0, 0.05) is 0 Å². The summed E-state index contributed by atoms with van der Waals surface area (Å²) in [6.45, 7) is 7.84. The molecule has 1 aromatic carbocycles. The van der Waals surface area contributed by atoms with Gasteiger partial charge in [-0.2, -0.15) is 0 Å². The van der Waals surface area contributed by atoms with E-state index in [0.29, 0.717) is 0 Å². The Balaban J connectivity index is 3.00. The van der Waals surface area contributed by atoms with Crippen molar-refractivity contribution in [3.05, 3.63) is 47.8 Å². The van der Waals surface area contributed by atoms with Crippen molar-refractivity contribution in [2.75, 3.05) is 0 Å².